The molecule has 0 aliphatic rings. The predicted molar refractivity (Wildman–Crippen MR) is 91.8 cm³/mol. The first kappa shape index (κ1) is 16.6. The van der Waals surface area contributed by atoms with Crippen molar-refractivity contribution in [2.24, 2.45) is 0 Å². The molecule has 0 fully saturated rings. The zero-order valence-corrected chi connectivity index (χ0v) is 14.4. The van der Waals surface area contributed by atoms with Crippen molar-refractivity contribution in [2.45, 2.75) is 19.9 Å². The molecule has 1 atom stereocenters. The van der Waals surface area contributed by atoms with Gasteiger partial charge in [-0.1, -0.05) is 5.16 Å². The second kappa shape index (κ2) is 6.44. The standard InChI is InChI=1S/C16H14N8O3/c1-8(14-21-12(23-27-14)10-4-3-5-17-6-10)19-13(25)11-7-18-16-20-9(2)22-24(16)15(11)26/h3-8H,1-2H3,(H,19,25)(H,18,20,22). The smallest absolute Gasteiger partial charge is 0.286 e. The molecule has 0 bridgehead atoms. The Bertz CT molecular complexity index is 1180. The van der Waals surface area contributed by atoms with Gasteiger partial charge < -0.3 is 9.84 Å². The summed E-state index contributed by atoms with van der Waals surface area (Å²) in [7, 11) is 0. The molecule has 0 saturated heterocycles. The second-order valence-corrected chi connectivity index (χ2v) is 5.81. The Morgan fingerprint density at radius 2 is 2.19 bits per heavy atom. The van der Waals surface area contributed by atoms with Gasteiger partial charge in [-0.2, -0.15) is 14.5 Å². The lowest BCUT2D eigenvalue weighted by Crippen LogP contribution is -2.33. The molecule has 2 N–H and O–H groups in total. The van der Waals surface area contributed by atoms with Gasteiger partial charge in [-0.15, -0.1) is 0 Å². The fraction of sp³-hybridized carbons (Fsp3) is 0.188. The van der Waals surface area contributed by atoms with Gasteiger partial charge in [0.05, 0.1) is 0 Å². The van der Waals surface area contributed by atoms with Crippen LogP contribution in [0.3, 0.4) is 0 Å². The molecule has 136 valence electrons. The van der Waals surface area contributed by atoms with Gasteiger partial charge in [0.25, 0.3) is 17.2 Å². The van der Waals surface area contributed by atoms with Crippen molar-refractivity contribution in [3.63, 3.8) is 0 Å². The number of pyridine rings is 1. The summed E-state index contributed by atoms with van der Waals surface area (Å²) in [5, 5.41) is 9.26. The summed E-state index contributed by atoms with van der Waals surface area (Å²) < 4.78 is 6.32. The summed E-state index contributed by atoms with van der Waals surface area (Å²) in [6.07, 6.45) is 4.43. The molecule has 4 rings (SSSR count). The Labute approximate surface area is 151 Å². The van der Waals surface area contributed by atoms with E-state index in [-0.39, 0.29) is 17.2 Å². The van der Waals surface area contributed by atoms with Gasteiger partial charge in [0.15, 0.2) is 0 Å². The molecule has 4 heterocycles. The minimum atomic E-state index is -0.612. The van der Waals surface area contributed by atoms with Crippen molar-refractivity contribution >= 4 is 11.7 Å². The van der Waals surface area contributed by atoms with Crippen LogP contribution in [0.1, 0.15) is 35.0 Å². The summed E-state index contributed by atoms with van der Waals surface area (Å²) in [5.41, 5.74) is 0.00964. The first-order chi connectivity index (χ1) is 13.0. The number of hydrogen-bond donors (Lipinski definition) is 2. The van der Waals surface area contributed by atoms with Crippen LogP contribution in [-0.2, 0) is 0 Å². The third-order valence-electron chi connectivity index (χ3n) is 3.81. The zero-order valence-electron chi connectivity index (χ0n) is 14.4. The lowest BCUT2D eigenvalue weighted by molar-refractivity contribution is 0.0930. The van der Waals surface area contributed by atoms with Crippen molar-refractivity contribution in [3.05, 3.63) is 58.4 Å². The van der Waals surface area contributed by atoms with Crippen molar-refractivity contribution in [1.82, 2.24) is 40.0 Å². The zero-order chi connectivity index (χ0) is 19.0. The molecular formula is C16H14N8O3. The number of H-pyrrole nitrogens is 1. The van der Waals surface area contributed by atoms with Crippen molar-refractivity contribution in [3.8, 4) is 11.4 Å². The first-order valence-corrected chi connectivity index (χ1v) is 8.02. The second-order valence-electron chi connectivity index (χ2n) is 5.81. The van der Waals surface area contributed by atoms with Gasteiger partial charge in [0, 0.05) is 24.2 Å². The fourth-order valence-electron chi connectivity index (χ4n) is 2.48. The Balaban J connectivity index is 1.56. The van der Waals surface area contributed by atoms with E-state index in [1.54, 1.807) is 38.4 Å². The molecule has 4 aromatic heterocycles. The van der Waals surface area contributed by atoms with Crippen LogP contribution in [0.25, 0.3) is 17.2 Å². The maximum atomic E-state index is 12.5. The van der Waals surface area contributed by atoms with E-state index in [1.807, 2.05) is 0 Å². The van der Waals surface area contributed by atoms with Gasteiger partial charge in [0.1, 0.15) is 17.4 Å². The number of hydrogen-bond acceptors (Lipinski definition) is 8. The maximum absolute atomic E-state index is 12.5. The van der Waals surface area contributed by atoms with E-state index in [0.717, 1.165) is 4.52 Å². The molecule has 4 aromatic rings. The SMILES string of the molecule is Cc1nc2ncc(C(=O)NC(C)c3nc(-c4cccnc4)no3)c(=O)n2[nH]1. The molecule has 1 amide bonds. The highest BCUT2D eigenvalue weighted by Gasteiger charge is 2.21. The highest BCUT2D eigenvalue weighted by atomic mass is 16.5. The monoisotopic (exact) mass is 366 g/mol. The molecule has 11 heteroatoms. The largest absolute Gasteiger partial charge is 0.340 e. The van der Waals surface area contributed by atoms with E-state index in [4.69, 9.17) is 4.52 Å². The van der Waals surface area contributed by atoms with E-state index in [1.165, 1.54) is 6.20 Å². The number of aromatic nitrogens is 7. The number of fused-ring (bicyclic) bond motifs is 1. The van der Waals surface area contributed by atoms with Gasteiger partial charge in [-0.25, -0.2) is 4.98 Å². The van der Waals surface area contributed by atoms with Crippen LogP contribution in [0.5, 0.6) is 0 Å². The highest BCUT2D eigenvalue weighted by molar-refractivity contribution is 5.93. The van der Waals surface area contributed by atoms with Crippen molar-refractivity contribution in [1.29, 1.82) is 0 Å². The molecular weight excluding hydrogens is 352 g/mol. The Hall–Kier alpha value is -3.89. The van der Waals surface area contributed by atoms with Crippen LogP contribution in [-0.4, -0.2) is 40.6 Å². The number of carbonyl (C=O) groups excluding carboxylic acids is 1. The Morgan fingerprint density at radius 3 is 2.96 bits per heavy atom. The lowest BCUT2D eigenvalue weighted by atomic mass is 10.2. The van der Waals surface area contributed by atoms with E-state index in [9.17, 15) is 9.59 Å². The third-order valence-corrected chi connectivity index (χ3v) is 3.81. The lowest BCUT2D eigenvalue weighted by Gasteiger charge is -2.08. The molecule has 0 aliphatic heterocycles. The number of carbonyl (C=O) groups is 1. The van der Waals surface area contributed by atoms with Crippen LogP contribution in [0.15, 0.2) is 40.0 Å². The molecule has 1 unspecified atom stereocenters. The third kappa shape index (κ3) is 3.05. The quantitative estimate of drug-likeness (QED) is 0.536. The summed E-state index contributed by atoms with van der Waals surface area (Å²) in [5.74, 6) is 0.659. The van der Waals surface area contributed by atoms with Crippen LogP contribution in [0, 0.1) is 6.92 Å². The number of amides is 1. The average molecular weight is 366 g/mol. The van der Waals surface area contributed by atoms with Crippen LogP contribution in [0.4, 0.5) is 0 Å². The summed E-state index contributed by atoms with van der Waals surface area (Å²) in [6.45, 7) is 3.35. The average Bonchev–Trinajstić information content (AvgIpc) is 3.29. The van der Waals surface area contributed by atoms with Crippen LogP contribution in [0.2, 0.25) is 0 Å². The Morgan fingerprint density at radius 1 is 1.33 bits per heavy atom. The minimum absolute atomic E-state index is 0.130. The van der Waals surface area contributed by atoms with Crippen molar-refractivity contribution in [2.75, 3.05) is 0 Å². The highest BCUT2D eigenvalue weighted by Crippen LogP contribution is 2.17. The van der Waals surface area contributed by atoms with E-state index >= 15 is 0 Å². The molecule has 0 radical (unpaired) electrons. The number of aryl methyl sites for hydroxylation is 1. The predicted octanol–water partition coefficient (Wildman–Crippen LogP) is 0.662. The van der Waals surface area contributed by atoms with Crippen LogP contribution < -0.4 is 10.9 Å². The fourth-order valence-corrected chi connectivity index (χ4v) is 2.48. The first-order valence-electron chi connectivity index (χ1n) is 8.02. The van der Waals surface area contributed by atoms with Crippen LogP contribution >= 0.6 is 0 Å². The molecule has 11 nitrogen and oxygen atoms in total. The van der Waals surface area contributed by atoms with Gasteiger partial charge in [-0.05, 0) is 26.0 Å². The van der Waals surface area contributed by atoms with E-state index in [2.05, 4.69) is 35.5 Å². The topological polar surface area (TPSA) is 144 Å². The van der Waals surface area contributed by atoms with E-state index < -0.39 is 17.5 Å². The number of aromatic amines is 1. The van der Waals surface area contributed by atoms with Gasteiger partial charge in [0.2, 0.25) is 11.7 Å². The number of nitrogens with one attached hydrogen (secondary N) is 2. The molecule has 0 saturated carbocycles. The summed E-state index contributed by atoms with van der Waals surface area (Å²) in [6, 6.07) is 2.93. The van der Waals surface area contributed by atoms with Gasteiger partial charge in [-0.3, -0.25) is 19.7 Å². The Kier molecular flexibility index (Phi) is 3.95. The minimum Gasteiger partial charge on any atom is -0.340 e. The number of rotatable bonds is 4. The van der Waals surface area contributed by atoms with Gasteiger partial charge >= 0.3 is 0 Å². The summed E-state index contributed by atoms with van der Waals surface area (Å²) >= 11 is 0. The molecule has 0 spiro atoms. The van der Waals surface area contributed by atoms with Crippen molar-refractivity contribution < 1.29 is 9.32 Å². The molecule has 27 heavy (non-hydrogen) atoms. The molecule has 0 aromatic carbocycles. The normalized spacial score (nSPS) is 12.2. The summed E-state index contributed by atoms with van der Waals surface area (Å²) in [4.78, 5) is 41.2. The maximum Gasteiger partial charge on any atom is 0.286 e. The molecule has 0 aliphatic carbocycles. The number of nitrogens with zero attached hydrogens (tertiary/aromatic N) is 6. The van der Waals surface area contributed by atoms with E-state index in [0.29, 0.717) is 17.2 Å².